The molecule has 0 aliphatic carbocycles. The summed E-state index contributed by atoms with van der Waals surface area (Å²) in [7, 11) is 0. The van der Waals surface area contributed by atoms with Crippen LogP contribution in [0.3, 0.4) is 0 Å². The summed E-state index contributed by atoms with van der Waals surface area (Å²) >= 11 is 0. The molecule has 0 spiro atoms. The van der Waals surface area contributed by atoms with Crippen molar-refractivity contribution < 1.29 is 0 Å². The first-order chi connectivity index (χ1) is 6.48. The molecule has 2 N–H and O–H groups in total. The summed E-state index contributed by atoms with van der Waals surface area (Å²) in [5.41, 5.74) is 8.17. The van der Waals surface area contributed by atoms with Crippen molar-refractivity contribution >= 4 is 0 Å². The number of hydrogen-bond donors (Lipinski definition) is 1. The van der Waals surface area contributed by atoms with Gasteiger partial charge in [0.1, 0.15) is 0 Å². The zero-order valence-electron chi connectivity index (χ0n) is 9.46. The second-order valence-electron chi connectivity index (χ2n) is 4.02. The summed E-state index contributed by atoms with van der Waals surface area (Å²) in [6, 6.07) is 0. The van der Waals surface area contributed by atoms with Gasteiger partial charge in [0.15, 0.2) is 0 Å². The molecule has 0 heterocycles. The van der Waals surface area contributed by atoms with Crippen LogP contribution in [0.1, 0.15) is 27.2 Å². The highest BCUT2D eigenvalue weighted by atomic mass is 14.7. The lowest BCUT2D eigenvalue weighted by molar-refractivity contribution is 0.733. The largest absolute Gasteiger partial charge is 0.318 e. The van der Waals surface area contributed by atoms with Crippen LogP contribution < -0.4 is 5.73 Å². The molecule has 0 saturated carbocycles. The minimum Gasteiger partial charge on any atom is -0.318 e. The number of allylic oxidation sites excluding steroid dienone is 3. The maximum absolute atomic E-state index is 5.90. The molecular formula is C13H21N. The normalized spacial score (nSPS) is 16.1. The van der Waals surface area contributed by atoms with E-state index in [1.165, 1.54) is 0 Å². The van der Waals surface area contributed by atoms with Gasteiger partial charge in [-0.15, -0.1) is 5.73 Å². The third kappa shape index (κ3) is 7.60. The molecule has 0 radical (unpaired) electrons. The van der Waals surface area contributed by atoms with Crippen molar-refractivity contribution in [3.63, 3.8) is 0 Å². The van der Waals surface area contributed by atoms with E-state index in [1.807, 2.05) is 13.0 Å². The molecule has 0 aliphatic rings. The fourth-order valence-corrected chi connectivity index (χ4v) is 1.02. The van der Waals surface area contributed by atoms with E-state index in [0.717, 1.165) is 6.42 Å². The van der Waals surface area contributed by atoms with Crippen molar-refractivity contribution in [2.24, 2.45) is 11.7 Å². The molecule has 1 atom stereocenters. The van der Waals surface area contributed by atoms with Crippen molar-refractivity contribution in [1.82, 2.24) is 0 Å². The van der Waals surface area contributed by atoms with Gasteiger partial charge in [-0.2, -0.15) is 0 Å². The summed E-state index contributed by atoms with van der Waals surface area (Å²) in [6.07, 6.45) is 11.0. The molecule has 0 bridgehead atoms. The Hall–Kier alpha value is -1.04. The number of hydrogen-bond acceptors (Lipinski definition) is 1. The summed E-state index contributed by atoms with van der Waals surface area (Å²) in [5, 5.41) is 0. The molecule has 1 unspecified atom stereocenters. The highest BCUT2D eigenvalue weighted by Crippen LogP contribution is 2.04. The number of rotatable bonds is 5. The Bertz CT molecular complexity index is 250. The molecular weight excluding hydrogens is 170 g/mol. The van der Waals surface area contributed by atoms with Gasteiger partial charge in [0, 0.05) is 0 Å². The van der Waals surface area contributed by atoms with E-state index in [2.05, 4.69) is 44.4 Å². The van der Waals surface area contributed by atoms with E-state index in [9.17, 15) is 0 Å². The summed E-state index contributed by atoms with van der Waals surface area (Å²) < 4.78 is 0. The van der Waals surface area contributed by atoms with Gasteiger partial charge in [0.25, 0.3) is 0 Å². The van der Waals surface area contributed by atoms with Crippen LogP contribution in [0.5, 0.6) is 0 Å². The van der Waals surface area contributed by atoms with E-state index in [-0.39, 0.29) is 0 Å². The molecule has 0 aromatic heterocycles. The Morgan fingerprint density at radius 2 is 2.07 bits per heavy atom. The molecule has 1 nitrogen and oxygen atoms in total. The number of nitrogens with two attached hydrogens (primary N) is 1. The van der Waals surface area contributed by atoms with Gasteiger partial charge < -0.3 is 5.73 Å². The molecule has 0 aromatic carbocycles. The minimum atomic E-state index is -0.423. The quantitative estimate of drug-likeness (QED) is 0.524. The third-order valence-electron chi connectivity index (χ3n) is 1.68. The predicted molar refractivity (Wildman–Crippen MR) is 64.0 cm³/mol. The molecule has 0 amide bonds. The van der Waals surface area contributed by atoms with Crippen molar-refractivity contribution in [2.75, 3.05) is 0 Å². The first-order valence-corrected chi connectivity index (χ1v) is 4.98. The Morgan fingerprint density at radius 3 is 2.57 bits per heavy atom. The lowest BCUT2D eigenvalue weighted by atomic mass is 10.0. The summed E-state index contributed by atoms with van der Waals surface area (Å²) in [4.78, 5) is 0. The summed E-state index contributed by atoms with van der Waals surface area (Å²) in [6.45, 7) is 9.75. The topological polar surface area (TPSA) is 26.0 Å². The van der Waals surface area contributed by atoms with Gasteiger partial charge in [0.2, 0.25) is 0 Å². The SMILES string of the molecule is C=C=CC(C)(N)/C=C\CC=CC(C)C. The van der Waals surface area contributed by atoms with Gasteiger partial charge in [-0.3, -0.25) is 0 Å². The smallest absolute Gasteiger partial charge is 0.0571 e. The van der Waals surface area contributed by atoms with E-state index in [0.29, 0.717) is 5.92 Å². The zero-order chi connectivity index (χ0) is 11.0. The fraction of sp³-hybridized carbons (Fsp3) is 0.462. The van der Waals surface area contributed by atoms with Gasteiger partial charge >= 0.3 is 0 Å². The lowest BCUT2D eigenvalue weighted by Gasteiger charge is -2.12. The first kappa shape index (κ1) is 13.0. The molecule has 0 rings (SSSR count). The van der Waals surface area contributed by atoms with Crippen molar-refractivity contribution in [2.45, 2.75) is 32.7 Å². The monoisotopic (exact) mass is 191 g/mol. The molecule has 1 heteroatoms. The highest BCUT2D eigenvalue weighted by Gasteiger charge is 2.07. The van der Waals surface area contributed by atoms with E-state index in [4.69, 9.17) is 5.73 Å². The van der Waals surface area contributed by atoms with Crippen LogP contribution in [0.2, 0.25) is 0 Å². The summed E-state index contributed by atoms with van der Waals surface area (Å²) in [5.74, 6) is 0.612. The molecule has 14 heavy (non-hydrogen) atoms. The van der Waals surface area contributed by atoms with Crippen molar-refractivity contribution in [3.8, 4) is 0 Å². The minimum absolute atomic E-state index is 0.423. The van der Waals surface area contributed by atoms with Gasteiger partial charge in [0.05, 0.1) is 5.54 Å². The van der Waals surface area contributed by atoms with Crippen LogP contribution in [0, 0.1) is 5.92 Å². The van der Waals surface area contributed by atoms with Crippen LogP contribution in [0.4, 0.5) is 0 Å². The van der Waals surface area contributed by atoms with Crippen LogP contribution in [0.15, 0.2) is 42.7 Å². The van der Waals surface area contributed by atoms with Crippen molar-refractivity contribution in [1.29, 1.82) is 0 Å². The lowest BCUT2D eigenvalue weighted by Crippen LogP contribution is -2.30. The third-order valence-corrected chi connectivity index (χ3v) is 1.68. The van der Waals surface area contributed by atoms with Crippen LogP contribution in [-0.2, 0) is 0 Å². The molecule has 78 valence electrons. The van der Waals surface area contributed by atoms with Crippen LogP contribution >= 0.6 is 0 Å². The van der Waals surface area contributed by atoms with Crippen molar-refractivity contribution in [3.05, 3.63) is 42.7 Å². The standard InChI is InChI=1S/C13H21N/c1-5-10-13(4,14)11-8-6-7-9-12(2)3/h7-12H,1,6,14H2,2-4H3/b9-7?,11-8-. The van der Waals surface area contributed by atoms with E-state index >= 15 is 0 Å². The molecule has 0 saturated heterocycles. The van der Waals surface area contributed by atoms with Crippen LogP contribution in [-0.4, -0.2) is 5.54 Å². The Kier molecular flexibility index (Phi) is 5.94. The highest BCUT2D eigenvalue weighted by molar-refractivity contribution is 5.14. The molecule has 0 aliphatic heterocycles. The van der Waals surface area contributed by atoms with Gasteiger partial charge in [-0.05, 0) is 25.3 Å². The second kappa shape index (κ2) is 6.42. The zero-order valence-corrected chi connectivity index (χ0v) is 9.46. The van der Waals surface area contributed by atoms with E-state index < -0.39 is 5.54 Å². The molecule has 0 fully saturated rings. The Labute approximate surface area is 87.7 Å². The average Bonchev–Trinajstić information content (AvgIpc) is 2.02. The van der Waals surface area contributed by atoms with E-state index in [1.54, 1.807) is 6.08 Å². The van der Waals surface area contributed by atoms with Crippen LogP contribution in [0.25, 0.3) is 0 Å². The predicted octanol–water partition coefficient (Wildman–Crippen LogP) is 3.20. The van der Waals surface area contributed by atoms with Gasteiger partial charge in [-0.25, -0.2) is 0 Å². The molecule has 0 aromatic rings. The average molecular weight is 191 g/mol. The maximum Gasteiger partial charge on any atom is 0.0571 e. The first-order valence-electron chi connectivity index (χ1n) is 4.98. The van der Waals surface area contributed by atoms with Gasteiger partial charge in [-0.1, -0.05) is 44.7 Å². The maximum atomic E-state index is 5.90. The Balaban J connectivity index is 4.00. The second-order valence-corrected chi connectivity index (χ2v) is 4.02. The fourth-order valence-electron chi connectivity index (χ4n) is 1.02. The Morgan fingerprint density at radius 1 is 1.43 bits per heavy atom.